The highest BCUT2D eigenvalue weighted by atomic mass is 35.5. The molecule has 70 heavy (non-hydrogen) atoms. The quantitative estimate of drug-likeness (QED) is 0.0178. The molecule has 0 radical (unpaired) electrons. The van der Waals surface area contributed by atoms with Gasteiger partial charge in [-0.2, -0.15) is 0 Å². The van der Waals surface area contributed by atoms with Crippen molar-refractivity contribution in [3.8, 4) is 0 Å². The molecule has 0 spiro atoms. The van der Waals surface area contributed by atoms with E-state index >= 15 is 0 Å². The van der Waals surface area contributed by atoms with Gasteiger partial charge in [0.2, 0.25) is 5.91 Å². The number of carbonyl (C=O) groups excluding carboxylic acids is 5. The number of alkyl halides is 3. The summed E-state index contributed by atoms with van der Waals surface area (Å²) in [6.45, 7) is 16.1. The van der Waals surface area contributed by atoms with Crippen LogP contribution in [-0.2, 0) is 60.1 Å². The number of aliphatic carboxylic acids is 1. The Hall–Kier alpha value is -3.71. The maximum Gasteiger partial charge on any atom is 0.349 e. The van der Waals surface area contributed by atoms with Crippen LogP contribution < -0.4 is 20.0 Å². The molecule has 2 aromatic carbocycles. The lowest BCUT2D eigenvalue weighted by atomic mass is 9.93. The molecule has 0 saturated carbocycles. The number of benzene rings is 2. The van der Waals surface area contributed by atoms with Crippen molar-refractivity contribution in [3.63, 3.8) is 0 Å². The smallest absolute Gasteiger partial charge is 0.349 e. The summed E-state index contributed by atoms with van der Waals surface area (Å²) in [5.74, 6) is -2.89. The van der Waals surface area contributed by atoms with Crippen LogP contribution >= 0.6 is 65.6 Å². The van der Waals surface area contributed by atoms with Crippen molar-refractivity contribution in [2.24, 2.45) is 0 Å². The molecule has 1 atom stereocenters. The van der Waals surface area contributed by atoms with Crippen molar-refractivity contribution in [2.75, 3.05) is 80.3 Å². The monoisotopic (exact) mass is 1110 g/mol. The average molecular weight is 1120 g/mol. The van der Waals surface area contributed by atoms with Gasteiger partial charge in [0.05, 0.1) is 49.6 Å². The van der Waals surface area contributed by atoms with Gasteiger partial charge >= 0.3 is 11.9 Å². The molecule has 1 aliphatic heterocycles. The summed E-state index contributed by atoms with van der Waals surface area (Å²) in [6.07, 6.45) is 14.4. The molecule has 1 aliphatic carbocycles. The number of esters is 1. The predicted octanol–water partition coefficient (Wildman–Crippen LogP) is 8.00. The van der Waals surface area contributed by atoms with Crippen molar-refractivity contribution in [1.82, 2.24) is 10.2 Å². The summed E-state index contributed by atoms with van der Waals surface area (Å²) >= 11 is 28.6. The Balaban J connectivity index is 0.000000944. The van der Waals surface area contributed by atoms with Crippen LogP contribution in [0.3, 0.4) is 0 Å². The lowest BCUT2D eigenvalue weighted by Crippen LogP contribution is -2.35. The number of aryl methyl sites for hydroxylation is 2. The average Bonchev–Trinajstić information content (AvgIpc) is 3.55. The molecule has 2 aromatic rings. The molecule has 0 saturated heterocycles. The Morgan fingerprint density at radius 1 is 0.986 bits per heavy atom. The SMILES string of the molecule is C=CCN(CC=C)C(=O)C(Cl)Cl.CCOC(=O)/C(Cl)=C/c1cc(N2C(=O)C3=C(CCCC3)C2=O)ccc1Cl.CCOCN(C(=O)CCl)c1c(C)cccc1CC.C[S+](C)C.O=C(O)CNCP(=O)([O-])O. The maximum absolute atomic E-state index is 12.7. The molecule has 2 aliphatic rings. The highest BCUT2D eigenvalue weighted by molar-refractivity contribution is 7.94. The van der Waals surface area contributed by atoms with Crippen LogP contribution in [0.1, 0.15) is 63.1 Å². The van der Waals surface area contributed by atoms with Gasteiger partial charge in [-0.1, -0.05) is 83.7 Å². The number of para-hydroxylation sites is 1. The summed E-state index contributed by atoms with van der Waals surface area (Å²) in [5, 5.41) is 10.2. The van der Waals surface area contributed by atoms with Crippen molar-refractivity contribution in [3.05, 3.63) is 99.6 Å². The van der Waals surface area contributed by atoms with Crippen molar-refractivity contribution in [2.45, 2.75) is 64.6 Å². The van der Waals surface area contributed by atoms with Crippen LogP contribution in [-0.4, -0.2) is 126 Å². The summed E-state index contributed by atoms with van der Waals surface area (Å²) in [7, 11) is -3.71. The molecule has 390 valence electrons. The van der Waals surface area contributed by atoms with Gasteiger partial charge in [-0.15, -0.1) is 24.8 Å². The molecule has 0 fully saturated rings. The molecule has 4 amide bonds. The van der Waals surface area contributed by atoms with E-state index in [0.717, 1.165) is 36.1 Å². The standard InChI is InChI=1S/C19H17Cl2NO4.C14H20ClNO2.C8H11Cl2NO.C3H8NO5P.C3H9S/c1-2-26-19(25)16(21)10-11-9-12(7-8-15(11)20)22-17(23)13-5-3-4-6-14(13)18(22)24;1-4-12-8-6-7-11(3)14(12)16(10-18-5-2)13(17)9-15;1-3-5-11(6-4-2)8(12)7(9)10;5-3(6)1-4-2-10(7,8)9;1-4(2)3/h7-10H,2-6H2,1H3;6-8H,4-5,9-10H2,1-3H3;3-4,7H,1-2,5-6H2;4H,1-2H2,(H,5,6)(H2,7,8,9);1-3H3/q;;;;+1/p-1/b16-10-;;;;. The highest BCUT2D eigenvalue weighted by Crippen LogP contribution is 2.37. The third kappa shape index (κ3) is 24.6. The molecule has 1 unspecified atom stereocenters. The number of carboxylic acids is 1. The zero-order chi connectivity index (χ0) is 53.7. The molecule has 23 heteroatoms. The van der Waals surface area contributed by atoms with E-state index in [-0.39, 0.29) is 47.9 Å². The van der Waals surface area contributed by atoms with E-state index in [1.165, 1.54) is 15.9 Å². The van der Waals surface area contributed by atoms with Crippen LogP contribution in [0.25, 0.3) is 6.08 Å². The van der Waals surface area contributed by atoms with E-state index in [0.29, 0.717) is 70.9 Å². The molecule has 16 nitrogen and oxygen atoms in total. The fraction of sp³-hybridized carbons (Fsp3) is 0.447. The Bertz CT molecular complexity index is 2170. The van der Waals surface area contributed by atoms with E-state index in [9.17, 15) is 38.2 Å². The molecular weight excluding hydrogens is 1050 g/mol. The third-order valence-electron chi connectivity index (χ3n) is 8.98. The van der Waals surface area contributed by atoms with Crippen molar-refractivity contribution in [1.29, 1.82) is 0 Å². The molecule has 0 bridgehead atoms. The second-order valence-corrected chi connectivity index (χ2v) is 21.2. The third-order valence-corrected chi connectivity index (χ3v) is 10.8. The normalized spacial score (nSPS) is 13.7. The Morgan fingerprint density at radius 2 is 1.54 bits per heavy atom. The minimum absolute atomic E-state index is 0.0371. The van der Waals surface area contributed by atoms with Gasteiger partial charge < -0.3 is 33.8 Å². The molecular formula is C47H64Cl5N4O12PS. The van der Waals surface area contributed by atoms with E-state index < -0.39 is 37.2 Å². The van der Waals surface area contributed by atoms with Gasteiger partial charge in [-0.05, 0) is 105 Å². The second-order valence-electron chi connectivity index (χ2n) is 15.0. The van der Waals surface area contributed by atoms with E-state index in [4.69, 9.17) is 77.5 Å². The molecule has 3 N–H and O–H groups in total. The van der Waals surface area contributed by atoms with Gasteiger partial charge in [-0.3, -0.25) is 34.2 Å². The fourth-order valence-electron chi connectivity index (χ4n) is 6.07. The zero-order valence-corrected chi connectivity index (χ0v) is 45.9. The number of hydrogen-bond donors (Lipinski definition) is 3. The minimum atomic E-state index is -4.35. The van der Waals surface area contributed by atoms with Crippen LogP contribution in [0.15, 0.2) is 77.9 Å². The summed E-state index contributed by atoms with van der Waals surface area (Å²) in [5.41, 5.74) is 5.17. The first-order chi connectivity index (χ1) is 32.9. The number of imide groups is 1. The second kappa shape index (κ2) is 35.4. The predicted molar refractivity (Wildman–Crippen MR) is 283 cm³/mol. The summed E-state index contributed by atoms with van der Waals surface area (Å²) in [6, 6.07) is 10.8. The first-order valence-electron chi connectivity index (χ1n) is 21.6. The number of rotatable bonds is 19. The Morgan fingerprint density at radius 3 is 1.99 bits per heavy atom. The zero-order valence-electron chi connectivity index (χ0n) is 40.4. The largest absolute Gasteiger partial charge is 0.778 e. The Kier molecular flexibility index (Phi) is 33.5. The molecule has 1 heterocycles. The maximum atomic E-state index is 12.7. The summed E-state index contributed by atoms with van der Waals surface area (Å²) < 4.78 is 20.2. The van der Waals surface area contributed by atoms with Gasteiger partial charge in [0.25, 0.3) is 17.7 Å². The number of amides is 4. The lowest BCUT2D eigenvalue weighted by Gasteiger charge is -2.25. The van der Waals surface area contributed by atoms with E-state index in [2.05, 4.69) is 38.8 Å². The van der Waals surface area contributed by atoms with Crippen LogP contribution in [0, 0.1) is 6.92 Å². The minimum Gasteiger partial charge on any atom is -0.778 e. The molecule has 4 rings (SSSR count). The number of carbonyl (C=O) groups is 6. The number of ether oxygens (including phenoxy) is 2. The van der Waals surface area contributed by atoms with Crippen LogP contribution in [0.4, 0.5) is 11.4 Å². The van der Waals surface area contributed by atoms with E-state index in [1.807, 2.05) is 37.4 Å². The van der Waals surface area contributed by atoms with Crippen LogP contribution in [0.2, 0.25) is 5.02 Å². The lowest BCUT2D eigenvalue weighted by molar-refractivity contribution is -0.193. The summed E-state index contributed by atoms with van der Waals surface area (Å²) in [4.78, 5) is 91.2. The van der Waals surface area contributed by atoms with E-state index in [1.54, 1.807) is 42.2 Å². The number of halogens is 5. The van der Waals surface area contributed by atoms with Gasteiger partial charge in [0.15, 0.2) is 4.84 Å². The number of nitrogens with zero attached hydrogens (tertiary/aromatic N) is 3. The van der Waals surface area contributed by atoms with Crippen LogP contribution in [0.5, 0.6) is 0 Å². The highest BCUT2D eigenvalue weighted by Gasteiger charge is 2.39. The van der Waals surface area contributed by atoms with Crippen molar-refractivity contribution >= 4 is 130 Å². The number of carboxylic acid groups (broad SMARTS) is 1. The number of anilines is 2. The molecule has 0 aromatic heterocycles. The fourth-order valence-corrected chi connectivity index (χ4v) is 7.22. The first-order valence-corrected chi connectivity index (χ1v) is 27.9. The first kappa shape index (κ1) is 66.3. The van der Waals surface area contributed by atoms with Gasteiger partial charge in [0, 0.05) is 35.9 Å². The number of hydrogen-bond acceptors (Lipinski definition) is 11. The Labute approximate surface area is 439 Å². The van der Waals surface area contributed by atoms with Gasteiger partial charge in [0.1, 0.15) is 25.2 Å². The topological polar surface area (TPSA) is 223 Å². The number of nitrogens with one attached hydrogen (secondary N) is 1. The van der Waals surface area contributed by atoms with Crippen molar-refractivity contribution < 1.29 is 57.7 Å². The van der Waals surface area contributed by atoms with Gasteiger partial charge in [-0.25, -0.2) is 9.69 Å².